The Balaban J connectivity index is 1.99. The summed E-state index contributed by atoms with van der Waals surface area (Å²) >= 11 is 12.0. The van der Waals surface area contributed by atoms with E-state index in [0.717, 1.165) is 11.3 Å². The number of halogens is 2. The molecule has 5 nitrogen and oxygen atoms in total. The normalized spacial score (nSPS) is 10.5. The molecule has 0 amide bonds. The maximum Gasteiger partial charge on any atom is 0.222 e. The van der Waals surface area contributed by atoms with Crippen LogP contribution in [0.15, 0.2) is 48.5 Å². The molecule has 128 valence electrons. The zero-order valence-electron chi connectivity index (χ0n) is 13.5. The van der Waals surface area contributed by atoms with Gasteiger partial charge in [-0.3, -0.25) is 0 Å². The number of nitrogen functional groups attached to an aromatic ring is 1. The molecule has 0 aliphatic heterocycles. The number of anilines is 3. The Hall–Kier alpha value is -2.50. The highest BCUT2D eigenvalue weighted by Crippen LogP contribution is 2.33. The van der Waals surface area contributed by atoms with E-state index in [1.807, 2.05) is 25.1 Å². The van der Waals surface area contributed by atoms with E-state index in [-0.39, 0.29) is 5.95 Å². The van der Waals surface area contributed by atoms with Gasteiger partial charge < -0.3 is 15.8 Å². The van der Waals surface area contributed by atoms with Gasteiger partial charge in [0.15, 0.2) is 0 Å². The largest absolute Gasteiger partial charge is 0.493 e. The predicted molar refractivity (Wildman–Crippen MR) is 103 cm³/mol. The minimum Gasteiger partial charge on any atom is -0.493 e. The monoisotopic (exact) mass is 374 g/mol. The van der Waals surface area contributed by atoms with Gasteiger partial charge in [-0.2, -0.15) is 4.98 Å². The van der Waals surface area contributed by atoms with Crippen LogP contribution in [0.1, 0.15) is 6.92 Å². The van der Waals surface area contributed by atoms with Crippen molar-refractivity contribution in [2.45, 2.75) is 6.92 Å². The fourth-order valence-electron chi connectivity index (χ4n) is 2.33. The van der Waals surface area contributed by atoms with Gasteiger partial charge in [-0.25, -0.2) is 4.98 Å². The number of hydrogen-bond acceptors (Lipinski definition) is 5. The molecule has 0 aliphatic carbocycles. The van der Waals surface area contributed by atoms with Crippen LogP contribution in [0.5, 0.6) is 5.75 Å². The number of rotatable bonds is 5. The van der Waals surface area contributed by atoms with Crippen molar-refractivity contribution in [3.05, 3.63) is 58.6 Å². The van der Waals surface area contributed by atoms with E-state index in [9.17, 15) is 0 Å². The van der Waals surface area contributed by atoms with Crippen LogP contribution in [0.2, 0.25) is 10.0 Å². The quantitative estimate of drug-likeness (QED) is 0.643. The van der Waals surface area contributed by atoms with Gasteiger partial charge >= 0.3 is 0 Å². The molecule has 0 unspecified atom stereocenters. The lowest BCUT2D eigenvalue weighted by atomic mass is 10.1. The van der Waals surface area contributed by atoms with E-state index in [1.54, 1.807) is 30.3 Å². The molecule has 0 radical (unpaired) electrons. The lowest BCUT2D eigenvalue weighted by Gasteiger charge is -2.12. The van der Waals surface area contributed by atoms with E-state index >= 15 is 0 Å². The maximum atomic E-state index is 6.13. The first kappa shape index (κ1) is 17.3. The summed E-state index contributed by atoms with van der Waals surface area (Å²) < 4.78 is 5.66. The molecule has 3 rings (SSSR count). The first-order valence-corrected chi connectivity index (χ1v) is 8.40. The molecule has 0 atom stereocenters. The first-order valence-electron chi connectivity index (χ1n) is 7.65. The van der Waals surface area contributed by atoms with Gasteiger partial charge in [0.05, 0.1) is 12.3 Å². The van der Waals surface area contributed by atoms with Crippen molar-refractivity contribution in [1.82, 2.24) is 9.97 Å². The summed E-state index contributed by atoms with van der Waals surface area (Å²) in [6.07, 6.45) is 0. The smallest absolute Gasteiger partial charge is 0.222 e. The summed E-state index contributed by atoms with van der Waals surface area (Å²) in [5.74, 6) is 1.39. The zero-order chi connectivity index (χ0) is 17.8. The number of aromatic nitrogens is 2. The third-order valence-corrected chi connectivity index (χ3v) is 3.86. The molecule has 2 aromatic carbocycles. The Bertz CT molecular complexity index is 885. The van der Waals surface area contributed by atoms with Crippen LogP contribution in [-0.2, 0) is 0 Å². The van der Waals surface area contributed by atoms with Crippen LogP contribution in [0.25, 0.3) is 11.3 Å². The molecule has 0 saturated carbocycles. The van der Waals surface area contributed by atoms with Crippen LogP contribution in [0.3, 0.4) is 0 Å². The third kappa shape index (κ3) is 4.32. The molecule has 0 saturated heterocycles. The summed E-state index contributed by atoms with van der Waals surface area (Å²) in [6.45, 7) is 2.45. The average molecular weight is 375 g/mol. The Morgan fingerprint density at radius 3 is 2.44 bits per heavy atom. The minimum atomic E-state index is 0.149. The van der Waals surface area contributed by atoms with Gasteiger partial charge in [-0.1, -0.05) is 23.2 Å². The molecule has 0 spiro atoms. The number of hydrogen-bond donors (Lipinski definition) is 2. The number of ether oxygens (including phenoxy) is 1. The summed E-state index contributed by atoms with van der Waals surface area (Å²) in [5, 5.41) is 4.43. The summed E-state index contributed by atoms with van der Waals surface area (Å²) in [5.41, 5.74) is 8.09. The second-order valence-electron chi connectivity index (χ2n) is 5.20. The van der Waals surface area contributed by atoms with E-state index in [2.05, 4.69) is 15.3 Å². The van der Waals surface area contributed by atoms with Crippen LogP contribution in [0.4, 0.5) is 17.5 Å². The van der Waals surface area contributed by atoms with E-state index in [4.69, 9.17) is 33.7 Å². The van der Waals surface area contributed by atoms with E-state index < -0.39 is 0 Å². The standard InChI is InChI=1S/C18H16Cl2N4O/c1-2-25-16-8-5-12(20)9-14(16)15-10-17(24-18(21)23-15)22-13-6-3-11(19)4-7-13/h3-10H,2H2,1H3,(H3,21,22,23,24). The second kappa shape index (κ2) is 7.59. The van der Waals surface area contributed by atoms with Gasteiger partial charge in [-0.15, -0.1) is 0 Å². The van der Waals surface area contributed by atoms with Gasteiger partial charge in [-0.05, 0) is 49.4 Å². The SMILES string of the molecule is CCOc1ccc(Cl)cc1-c1cc(Nc2ccc(Cl)cc2)nc(N)n1. The summed E-state index contributed by atoms with van der Waals surface area (Å²) in [6, 6.07) is 14.5. The fraction of sp³-hybridized carbons (Fsp3) is 0.111. The van der Waals surface area contributed by atoms with Gasteiger partial charge in [0.1, 0.15) is 11.6 Å². The maximum absolute atomic E-state index is 6.13. The van der Waals surface area contributed by atoms with Crippen LogP contribution in [-0.4, -0.2) is 16.6 Å². The van der Waals surface area contributed by atoms with E-state index in [0.29, 0.717) is 33.9 Å². The van der Waals surface area contributed by atoms with Crippen molar-refractivity contribution in [2.24, 2.45) is 0 Å². The Labute approximate surface area is 155 Å². The highest BCUT2D eigenvalue weighted by molar-refractivity contribution is 6.31. The zero-order valence-corrected chi connectivity index (χ0v) is 15.0. The molecule has 25 heavy (non-hydrogen) atoms. The molecule has 0 bridgehead atoms. The minimum absolute atomic E-state index is 0.149. The molecule has 0 fully saturated rings. The highest BCUT2D eigenvalue weighted by atomic mass is 35.5. The van der Waals surface area contributed by atoms with Gasteiger partial charge in [0, 0.05) is 27.4 Å². The summed E-state index contributed by atoms with van der Waals surface area (Å²) in [7, 11) is 0. The molecule has 1 heterocycles. The van der Waals surface area contributed by atoms with Gasteiger partial charge in [0.25, 0.3) is 0 Å². The molecular formula is C18H16Cl2N4O. The van der Waals surface area contributed by atoms with E-state index in [1.165, 1.54) is 0 Å². The number of nitrogens with two attached hydrogens (primary N) is 1. The fourth-order valence-corrected chi connectivity index (χ4v) is 2.63. The molecule has 7 heteroatoms. The number of nitrogens with one attached hydrogen (secondary N) is 1. The average Bonchev–Trinajstić information content (AvgIpc) is 2.58. The van der Waals surface area contributed by atoms with Crippen molar-refractivity contribution in [1.29, 1.82) is 0 Å². The predicted octanol–water partition coefficient (Wildman–Crippen LogP) is 5.17. The third-order valence-electron chi connectivity index (χ3n) is 3.38. The van der Waals surface area contributed by atoms with Crippen molar-refractivity contribution in [2.75, 3.05) is 17.7 Å². The van der Waals surface area contributed by atoms with Crippen molar-refractivity contribution in [3.63, 3.8) is 0 Å². The van der Waals surface area contributed by atoms with Crippen molar-refractivity contribution < 1.29 is 4.74 Å². The molecule has 3 N–H and O–H groups in total. The lowest BCUT2D eigenvalue weighted by molar-refractivity contribution is 0.341. The second-order valence-corrected chi connectivity index (χ2v) is 6.07. The first-order chi connectivity index (χ1) is 12.0. The molecule has 0 aliphatic rings. The van der Waals surface area contributed by atoms with Crippen molar-refractivity contribution >= 4 is 40.7 Å². The van der Waals surface area contributed by atoms with Crippen molar-refractivity contribution in [3.8, 4) is 17.0 Å². The number of benzene rings is 2. The Kier molecular flexibility index (Phi) is 5.26. The van der Waals surface area contributed by atoms with Crippen LogP contribution in [0, 0.1) is 0 Å². The highest BCUT2D eigenvalue weighted by Gasteiger charge is 2.12. The van der Waals surface area contributed by atoms with Crippen LogP contribution >= 0.6 is 23.2 Å². The molecule has 3 aromatic rings. The van der Waals surface area contributed by atoms with Crippen LogP contribution < -0.4 is 15.8 Å². The Morgan fingerprint density at radius 2 is 1.72 bits per heavy atom. The van der Waals surface area contributed by atoms with Gasteiger partial charge in [0.2, 0.25) is 5.95 Å². The topological polar surface area (TPSA) is 73.1 Å². The molecular weight excluding hydrogens is 359 g/mol. The Morgan fingerprint density at radius 1 is 1.00 bits per heavy atom. The number of nitrogens with zero attached hydrogens (tertiary/aromatic N) is 2. The molecule has 1 aromatic heterocycles. The summed E-state index contributed by atoms with van der Waals surface area (Å²) in [4.78, 5) is 8.53. The lowest BCUT2D eigenvalue weighted by Crippen LogP contribution is -2.02.